The number of aromatic nitrogens is 1. The van der Waals surface area contributed by atoms with Crippen LogP contribution in [-0.2, 0) is 4.79 Å². The van der Waals surface area contributed by atoms with Gasteiger partial charge in [-0.05, 0) is 18.1 Å². The van der Waals surface area contributed by atoms with Gasteiger partial charge in [0.05, 0.1) is 0 Å². The van der Waals surface area contributed by atoms with Crippen LogP contribution in [0.15, 0.2) is 18.3 Å². The molecule has 0 saturated carbocycles. The molecule has 6 heteroatoms. The van der Waals surface area contributed by atoms with Crippen LogP contribution in [0.3, 0.4) is 0 Å². The zero-order valence-electron chi connectivity index (χ0n) is 8.69. The maximum absolute atomic E-state index is 10.1. The molecule has 1 amide bonds. The fraction of sp³-hybridized carbons (Fsp3) is 0.400. The molecule has 0 aliphatic carbocycles. The van der Waals surface area contributed by atoms with Gasteiger partial charge in [0, 0.05) is 25.2 Å². The summed E-state index contributed by atoms with van der Waals surface area (Å²) < 4.78 is 0. The molecule has 1 aromatic heterocycles. The minimum atomic E-state index is -0.968. The number of halogens is 1. The number of pyridine rings is 1. The van der Waals surface area contributed by atoms with E-state index in [0.29, 0.717) is 10.7 Å². The van der Waals surface area contributed by atoms with E-state index in [0.717, 1.165) is 19.4 Å². The first-order chi connectivity index (χ1) is 7.59. The summed E-state index contributed by atoms with van der Waals surface area (Å²) in [6.07, 6.45) is 3.20. The highest BCUT2D eigenvalue weighted by Gasteiger charge is 2.05. The predicted molar refractivity (Wildman–Crippen MR) is 62.2 cm³/mol. The van der Waals surface area contributed by atoms with E-state index in [1.807, 2.05) is 0 Å². The fourth-order valence-corrected chi connectivity index (χ4v) is 1.24. The summed E-state index contributed by atoms with van der Waals surface area (Å²) in [6, 6.07) is 2.23. The van der Waals surface area contributed by atoms with Gasteiger partial charge in [-0.2, -0.15) is 0 Å². The zero-order chi connectivity index (χ0) is 12.0. The molecule has 2 rings (SSSR count). The molecular weight excluding hydrogens is 226 g/mol. The Balaban J connectivity index is 0.000000181. The first-order valence-electron chi connectivity index (χ1n) is 4.91. The Labute approximate surface area is 100 Å². The lowest BCUT2D eigenvalue weighted by atomic mass is 9.94. The number of hydrogen-bond acceptors (Lipinski definition) is 3. The molecule has 0 spiro atoms. The van der Waals surface area contributed by atoms with Gasteiger partial charge in [-0.15, -0.1) is 0 Å². The lowest BCUT2D eigenvalue weighted by Crippen LogP contribution is -2.12. The number of nitrogens with zero attached hydrogens (tertiary/aromatic N) is 1. The summed E-state index contributed by atoms with van der Waals surface area (Å²) in [6.45, 7) is 0.888. The molecule has 2 N–H and O–H groups in total. The average Bonchev–Trinajstić information content (AvgIpc) is 2.71. The zero-order valence-corrected chi connectivity index (χ0v) is 9.44. The number of carbonyl (C=O) groups is 1. The number of amides is 1. The monoisotopic (exact) mass is 238 g/mol. The molecule has 84 valence electrons. The number of hydrogen-bond donors (Lipinski definition) is 2. The van der Waals surface area contributed by atoms with Gasteiger partial charge in [-0.3, -0.25) is 4.79 Å². The molecule has 16 heavy (non-hydrogen) atoms. The van der Waals surface area contributed by atoms with Crippen molar-refractivity contribution in [2.75, 3.05) is 6.54 Å². The molecule has 1 unspecified atom stereocenters. The molecule has 2 radical (unpaired) electrons. The molecule has 1 aliphatic heterocycles. The molecule has 1 fully saturated rings. The molecule has 4 nitrogen and oxygen atoms in total. The smallest absolute Gasteiger partial charge is 0.220 e. The summed E-state index contributed by atoms with van der Waals surface area (Å²) in [4.78, 5) is 13.9. The molecule has 0 aromatic carbocycles. The van der Waals surface area contributed by atoms with E-state index < -0.39 is 6.00 Å². The van der Waals surface area contributed by atoms with E-state index in [1.165, 1.54) is 6.20 Å². The topological polar surface area (TPSA) is 62.2 Å². The number of aliphatic hydroxyl groups excluding tert-OH is 1. The summed E-state index contributed by atoms with van der Waals surface area (Å²) >= 11 is 5.48. The van der Waals surface area contributed by atoms with Crippen molar-refractivity contribution in [1.82, 2.24) is 10.3 Å². The Bertz CT molecular complexity index is 335. The van der Waals surface area contributed by atoms with Gasteiger partial charge in [-0.25, -0.2) is 4.98 Å². The second kappa shape index (κ2) is 6.50. The van der Waals surface area contributed by atoms with Crippen LogP contribution in [0.1, 0.15) is 24.4 Å². The van der Waals surface area contributed by atoms with Crippen molar-refractivity contribution in [1.29, 1.82) is 0 Å². The lowest BCUT2D eigenvalue weighted by Gasteiger charge is -2.01. The maximum atomic E-state index is 10.1. The van der Waals surface area contributed by atoms with Crippen molar-refractivity contribution in [2.24, 2.45) is 0 Å². The average molecular weight is 238 g/mol. The standard InChI is InChI=1S/C6H5BClNO.C4H7NO/c7-6(10)4-1-2-5(8)9-3-4;6-4-2-1-3-5-4/h1-3,6,10H;1-3H2,(H,5,6). The van der Waals surface area contributed by atoms with Gasteiger partial charge in [0.2, 0.25) is 5.91 Å². The highest BCUT2D eigenvalue weighted by Crippen LogP contribution is 2.10. The molecule has 1 atom stereocenters. The van der Waals surface area contributed by atoms with E-state index in [2.05, 4.69) is 10.3 Å². The van der Waals surface area contributed by atoms with Gasteiger partial charge < -0.3 is 10.4 Å². The third-order valence-corrected chi connectivity index (χ3v) is 2.22. The Hall–Kier alpha value is -1.07. The van der Waals surface area contributed by atoms with Crippen molar-refractivity contribution in [2.45, 2.75) is 18.8 Å². The van der Waals surface area contributed by atoms with Crippen LogP contribution in [0.2, 0.25) is 5.15 Å². The fourth-order valence-electron chi connectivity index (χ4n) is 1.13. The largest absolute Gasteiger partial charge is 0.398 e. The van der Waals surface area contributed by atoms with E-state index in [-0.39, 0.29) is 5.91 Å². The third-order valence-electron chi connectivity index (χ3n) is 1.99. The predicted octanol–water partition coefficient (Wildman–Crippen LogP) is 0.791. The molecule has 0 bridgehead atoms. The minimum absolute atomic E-state index is 0.204. The molecule has 2 heterocycles. The second-order valence-electron chi connectivity index (χ2n) is 3.31. The van der Waals surface area contributed by atoms with Gasteiger partial charge in [0.15, 0.2) is 0 Å². The summed E-state index contributed by atoms with van der Waals surface area (Å²) in [5.74, 6) is 0.204. The van der Waals surface area contributed by atoms with Crippen molar-refractivity contribution in [3.63, 3.8) is 0 Å². The number of rotatable bonds is 1. The summed E-state index contributed by atoms with van der Waals surface area (Å²) in [5.41, 5.74) is 0.560. The first kappa shape index (κ1) is 13.0. The van der Waals surface area contributed by atoms with Crippen molar-refractivity contribution < 1.29 is 9.90 Å². The summed E-state index contributed by atoms with van der Waals surface area (Å²) in [5, 5.41) is 11.9. The summed E-state index contributed by atoms with van der Waals surface area (Å²) in [7, 11) is 5.14. The van der Waals surface area contributed by atoms with Crippen LogP contribution in [-0.4, -0.2) is 30.4 Å². The van der Waals surface area contributed by atoms with Crippen molar-refractivity contribution in [3.05, 3.63) is 29.0 Å². The minimum Gasteiger partial charge on any atom is -0.398 e. The Morgan fingerprint density at radius 1 is 1.56 bits per heavy atom. The van der Waals surface area contributed by atoms with E-state index in [4.69, 9.17) is 24.6 Å². The molecular formula is C10H12BClN2O2. The highest BCUT2D eigenvalue weighted by molar-refractivity contribution is 6.29. The quantitative estimate of drug-likeness (QED) is 0.562. The Morgan fingerprint density at radius 2 is 2.31 bits per heavy atom. The van der Waals surface area contributed by atoms with Crippen LogP contribution >= 0.6 is 11.6 Å². The third kappa shape index (κ3) is 4.64. The van der Waals surface area contributed by atoms with Crippen molar-refractivity contribution >= 4 is 25.4 Å². The van der Waals surface area contributed by atoms with Crippen LogP contribution in [0.25, 0.3) is 0 Å². The first-order valence-corrected chi connectivity index (χ1v) is 5.29. The van der Waals surface area contributed by atoms with E-state index in [1.54, 1.807) is 12.1 Å². The van der Waals surface area contributed by atoms with E-state index in [9.17, 15) is 4.79 Å². The van der Waals surface area contributed by atoms with Gasteiger partial charge >= 0.3 is 0 Å². The van der Waals surface area contributed by atoms with Gasteiger partial charge in [0.25, 0.3) is 0 Å². The van der Waals surface area contributed by atoms with Gasteiger partial charge in [-0.1, -0.05) is 17.7 Å². The molecule has 1 saturated heterocycles. The number of nitrogens with one attached hydrogen (secondary N) is 1. The normalized spacial score (nSPS) is 16.0. The van der Waals surface area contributed by atoms with Crippen LogP contribution in [0.5, 0.6) is 0 Å². The van der Waals surface area contributed by atoms with Crippen LogP contribution in [0, 0.1) is 0 Å². The highest BCUT2D eigenvalue weighted by atomic mass is 35.5. The Morgan fingerprint density at radius 3 is 2.62 bits per heavy atom. The lowest BCUT2D eigenvalue weighted by molar-refractivity contribution is -0.119. The SMILES string of the molecule is O=C1CCCN1.[B]C(O)c1ccc(Cl)nc1. The molecule has 1 aromatic rings. The Kier molecular flexibility index (Phi) is 5.28. The van der Waals surface area contributed by atoms with Crippen LogP contribution in [0.4, 0.5) is 0 Å². The maximum Gasteiger partial charge on any atom is 0.220 e. The number of carbonyl (C=O) groups excluding carboxylic acids is 1. The molecule has 1 aliphatic rings. The van der Waals surface area contributed by atoms with Gasteiger partial charge in [0.1, 0.15) is 13.0 Å². The van der Waals surface area contributed by atoms with Crippen LogP contribution < -0.4 is 5.32 Å². The second-order valence-corrected chi connectivity index (χ2v) is 3.70. The van der Waals surface area contributed by atoms with Crippen molar-refractivity contribution in [3.8, 4) is 0 Å². The number of aliphatic hydroxyl groups is 1. The van der Waals surface area contributed by atoms with E-state index >= 15 is 0 Å².